The van der Waals surface area contributed by atoms with Crippen LogP contribution in [0, 0.1) is 0 Å². The summed E-state index contributed by atoms with van der Waals surface area (Å²) >= 11 is 13.8. The highest BCUT2D eigenvalue weighted by Gasteiger charge is 2.17. The molecule has 4 nitrogen and oxygen atoms in total. The van der Waals surface area contributed by atoms with Crippen molar-refractivity contribution in [2.24, 2.45) is 0 Å². The van der Waals surface area contributed by atoms with Gasteiger partial charge in [0.15, 0.2) is 0 Å². The van der Waals surface area contributed by atoms with Crippen molar-refractivity contribution < 1.29 is 9.53 Å². The summed E-state index contributed by atoms with van der Waals surface area (Å²) in [5.74, 6) is -0.0531. The second-order valence-electron chi connectivity index (χ2n) is 5.36. The predicted molar refractivity (Wildman–Crippen MR) is 93.3 cm³/mol. The van der Waals surface area contributed by atoms with Crippen LogP contribution in [0.1, 0.15) is 18.5 Å². The van der Waals surface area contributed by atoms with Crippen LogP contribution in [0.15, 0.2) is 23.6 Å². The SMILES string of the molecule is O=C(Cc1csc(-c2c(Cl)cccc2Cl)n1)NC[C@H]1CCCO1. The van der Waals surface area contributed by atoms with Crippen LogP contribution in [0.25, 0.3) is 10.6 Å². The molecule has 0 saturated carbocycles. The van der Waals surface area contributed by atoms with Gasteiger partial charge < -0.3 is 10.1 Å². The van der Waals surface area contributed by atoms with Crippen LogP contribution in [0.3, 0.4) is 0 Å². The fourth-order valence-electron chi connectivity index (χ4n) is 2.47. The third kappa shape index (κ3) is 4.23. The number of carbonyl (C=O) groups is 1. The molecule has 1 fully saturated rings. The van der Waals surface area contributed by atoms with Gasteiger partial charge in [0.1, 0.15) is 5.01 Å². The quantitative estimate of drug-likeness (QED) is 0.866. The molecule has 122 valence electrons. The lowest BCUT2D eigenvalue weighted by Gasteiger charge is -2.10. The number of thiazole rings is 1. The molecular formula is C16H16Cl2N2O2S. The van der Waals surface area contributed by atoms with Gasteiger partial charge in [-0.3, -0.25) is 4.79 Å². The van der Waals surface area contributed by atoms with E-state index in [1.54, 1.807) is 18.2 Å². The van der Waals surface area contributed by atoms with E-state index >= 15 is 0 Å². The smallest absolute Gasteiger partial charge is 0.226 e. The first kappa shape index (κ1) is 16.7. The second-order valence-corrected chi connectivity index (χ2v) is 7.03. The van der Waals surface area contributed by atoms with E-state index < -0.39 is 0 Å². The van der Waals surface area contributed by atoms with Crippen LogP contribution in [0.5, 0.6) is 0 Å². The molecule has 23 heavy (non-hydrogen) atoms. The monoisotopic (exact) mass is 370 g/mol. The highest BCUT2D eigenvalue weighted by atomic mass is 35.5. The van der Waals surface area contributed by atoms with Gasteiger partial charge in [-0.2, -0.15) is 0 Å². The molecule has 1 aliphatic rings. The number of ether oxygens (including phenoxy) is 1. The first-order valence-corrected chi connectivity index (χ1v) is 9.04. The summed E-state index contributed by atoms with van der Waals surface area (Å²) in [6.07, 6.45) is 2.46. The van der Waals surface area contributed by atoms with Crippen LogP contribution in [-0.4, -0.2) is 30.1 Å². The molecule has 1 saturated heterocycles. The topological polar surface area (TPSA) is 51.2 Å². The minimum Gasteiger partial charge on any atom is -0.376 e. The van der Waals surface area contributed by atoms with Crippen LogP contribution in [-0.2, 0) is 16.0 Å². The zero-order valence-electron chi connectivity index (χ0n) is 12.4. The number of rotatable bonds is 5. The average molecular weight is 371 g/mol. The molecule has 2 aromatic rings. The third-order valence-corrected chi connectivity index (χ3v) is 5.16. The van der Waals surface area contributed by atoms with E-state index in [1.807, 2.05) is 5.38 Å². The van der Waals surface area contributed by atoms with E-state index in [1.165, 1.54) is 11.3 Å². The number of aromatic nitrogens is 1. The van der Waals surface area contributed by atoms with Crippen LogP contribution < -0.4 is 5.32 Å². The predicted octanol–water partition coefficient (Wildman–Crippen LogP) is 3.95. The van der Waals surface area contributed by atoms with Crippen molar-refractivity contribution in [2.45, 2.75) is 25.4 Å². The summed E-state index contributed by atoms with van der Waals surface area (Å²) in [6.45, 7) is 1.35. The molecule has 1 aliphatic heterocycles. The van der Waals surface area contributed by atoms with Gasteiger partial charge in [0.25, 0.3) is 0 Å². The molecular weight excluding hydrogens is 355 g/mol. The van der Waals surface area contributed by atoms with Gasteiger partial charge in [-0.05, 0) is 25.0 Å². The Morgan fingerprint density at radius 1 is 1.39 bits per heavy atom. The number of nitrogens with one attached hydrogen (secondary N) is 1. The van der Waals surface area contributed by atoms with E-state index in [0.29, 0.717) is 27.8 Å². The number of amides is 1. The number of hydrogen-bond acceptors (Lipinski definition) is 4. The van der Waals surface area contributed by atoms with E-state index in [-0.39, 0.29) is 18.4 Å². The maximum atomic E-state index is 12.0. The summed E-state index contributed by atoms with van der Waals surface area (Å²) in [6, 6.07) is 5.34. The molecule has 3 rings (SSSR count). The van der Waals surface area contributed by atoms with Crippen molar-refractivity contribution in [3.8, 4) is 10.6 Å². The van der Waals surface area contributed by atoms with Gasteiger partial charge in [-0.25, -0.2) is 4.98 Å². The van der Waals surface area contributed by atoms with Crippen LogP contribution in [0.2, 0.25) is 10.0 Å². The van der Waals surface area contributed by atoms with Crippen molar-refractivity contribution >= 4 is 40.4 Å². The van der Waals surface area contributed by atoms with Crippen LogP contribution in [0.4, 0.5) is 0 Å². The average Bonchev–Trinajstić information content (AvgIpc) is 3.17. The lowest BCUT2D eigenvalue weighted by atomic mass is 10.2. The molecule has 0 radical (unpaired) electrons. The summed E-state index contributed by atoms with van der Waals surface area (Å²) < 4.78 is 5.48. The molecule has 0 spiro atoms. The van der Waals surface area contributed by atoms with Crippen molar-refractivity contribution in [1.82, 2.24) is 10.3 Å². The Balaban J connectivity index is 1.61. The maximum absolute atomic E-state index is 12.0. The minimum absolute atomic E-state index is 0.0531. The molecule has 1 amide bonds. The Bertz CT molecular complexity index is 679. The molecule has 0 bridgehead atoms. The van der Waals surface area contributed by atoms with Gasteiger partial charge in [0, 0.05) is 24.1 Å². The molecule has 1 aromatic carbocycles. The first-order chi connectivity index (χ1) is 11.1. The standard InChI is InChI=1S/C16H16Cl2N2O2S/c17-12-4-1-5-13(18)15(12)16-20-10(9-23-16)7-14(21)19-8-11-3-2-6-22-11/h1,4-5,9,11H,2-3,6-8H2,(H,19,21)/t11-/m1/s1. The minimum atomic E-state index is -0.0531. The van der Waals surface area contributed by atoms with Gasteiger partial charge >= 0.3 is 0 Å². The van der Waals surface area contributed by atoms with Crippen LogP contribution >= 0.6 is 34.5 Å². The normalized spacial score (nSPS) is 17.4. The molecule has 1 aromatic heterocycles. The van der Waals surface area contributed by atoms with E-state index in [9.17, 15) is 4.79 Å². The van der Waals surface area contributed by atoms with Gasteiger partial charge in [0.2, 0.25) is 5.91 Å². The number of benzene rings is 1. The summed E-state index contributed by atoms with van der Waals surface area (Å²) in [7, 11) is 0. The fourth-order valence-corrected chi connectivity index (χ4v) is 4.05. The molecule has 0 aliphatic carbocycles. The molecule has 7 heteroatoms. The van der Waals surface area contributed by atoms with E-state index in [2.05, 4.69) is 10.3 Å². The Morgan fingerprint density at radius 2 is 2.17 bits per heavy atom. The van der Waals surface area contributed by atoms with Gasteiger partial charge in [0.05, 0.1) is 28.3 Å². The maximum Gasteiger partial charge on any atom is 0.226 e. The molecule has 2 heterocycles. The van der Waals surface area contributed by atoms with E-state index in [0.717, 1.165) is 24.5 Å². The number of carbonyl (C=O) groups excluding carboxylic acids is 1. The zero-order chi connectivity index (χ0) is 16.2. The highest BCUT2D eigenvalue weighted by Crippen LogP contribution is 2.36. The second kappa shape index (κ2) is 7.62. The summed E-state index contributed by atoms with van der Waals surface area (Å²) in [4.78, 5) is 16.5. The highest BCUT2D eigenvalue weighted by molar-refractivity contribution is 7.13. The molecule has 0 unspecified atom stereocenters. The van der Waals surface area contributed by atoms with Crippen molar-refractivity contribution in [2.75, 3.05) is 13.2 Å². The number of hydrogen-bond donors (Lipinski definition) is 1. The van der Waals surface area contributed by atoms with Crippen molar-refractivity contribution in [3.63, 3.8) is 0 Å². The van der Waals surface area contributed by atoms with Gasteiger partial charge in [-0.1, -0.05) is 29.3 Å². The Morgan fingerprint density at radius 3 is 2.87 bits per heavy atom. The lowest BCUT2D eigenvalue weighted by Crippen LogP contribution is -2.32. The zero-order valence-corrected chi connectivity index (χ0v) is 14.7. The Kier molecular flexibility index (Phi) is 5.54. The molecule has 1 N–H and O–H groups in total. The fraction of sp³-hybridized carbons (Fsp3) is 0.375. The summed E-state index contributed by atoms with van der Waals surface area (Å²) in [5, 5.41) is 6.59. The number of halogens is 2. The first-order valence-electron chi connectivity index (χ1n) is 7.40. The third-order valence-electron chi connectivity index (χ3n) is 3.62. The number of nitrogens with zero attached hydrogens (tertiary/aromatic N) is 1. The van der Waals surface area contributed by atoms with E-state index in [4.69, 9.17) is 27.9 Å². The Labute approximate surface area is 148 Å². The lowest BCUT2D eigenvalue weighted by molar-refractivity contribution is -0.121. The van der Waals surface area contributed by atoms with Crippen molar-refractivity contribution in [3.05, 3.63) is 39.3 Å². The van der Waals surface area contributed by atoms with Crippen molar-refractivity contribution in [1.29, 1.82) is 0 Å². The van der Waals surface area contributed by atoms with Gasteiger partial charge in [-0.15, -0.1) is 11.3 Å². The summed E-state index contributed by atoms with van der Waals surface area (Å²) in [5.41, 5.74) is 1.43. The largest absolute Gasteiger partial charge is 0.376 e. The molecule has 1 atom stereocenters. The Hall–Kier alpha value is -1.14.